The van der Waals surface area contributed by atoms with Crippen molar-refractivity contribution in [3.05, 3.63) is 47.7 Å². The minimum absolute atomic E-state index is 0.0920. The quantitative estimate of drug-likeness (QED) is 0.452. The van der Waals surface area contributed by atoms with Crippen molar-refractivity contribution in [2.45, 2.75) is 64.4 Å². The number of hydrogen-bond acceptors (Lipinski definition) is 7. The molecule has 1 fully saturated rings. The molecule has 4 heterocycles. The van der Waals surface area contributed by atoms with E-state index in [1.165, 1.54) is 6.92 Å². The molecular formula is C23H24F6N8O3. The van der Waals surface area contributed by atoms with E-state index >= 15 is 0 Å². The van der Waals surface area contributed by atoms with Gasteiger partial charge in [0.15, 0.2) is 23.2 Å². The number of aryl methyl sites for hydroxylation is 1. The Morgan fingerprint density at radius 2 is 1.85 bits per heavy atom. The van der Waals surface area contributed by atoms with Gasteiger partial charge in [-0.3, -0.25) is 14.4 Å². The zero-order chi connectivity index (χ0) is 29.6. The van der Waals surface area contributed by atoms with Crippen molar-refractivity contribution in [2.75, 3.05) is 11.9 Å². The number of alkyl halides is 5. The first-order valence-electron chi connectivity index (χ1n) is 11.8. The van der Waals surface area contributed by atoms with Crippen molar-refractivity contribution in [3.63, 3.8) is 0 Å². The largest absolute Gasteiger partial charge is 0.444 e. The molecule has 1 saturated heterocycles. The van der Waals surface area contributed by atoms with Crippen LogP contribution >= 0.6 is 0 Å². The fraction of sp³-hybridized carbons (Fsp3) is 0.478. The Morgan fingerprint density at radius 3 is 2.45 bits per heavy atom. The van der Waals surface area contributed by atoms with Gasteiger partial charge in [-0.1, -0.05) is 0 Å². The van der Waals surface area contributed by atoms with E-state index in [0.29, 0.717) is 0 Å². The molecule has 0 spiro atoms. The molecular weight excluding hydrogens is 550 g/mol. The van der Waals surface area contributed by atoms with Gasteiger partial charge in [0.2, 0.25) is 5.91 Å². The van der Waals surface area contributed by atoms with E-state index in [2.05, 4.69) is 25.5 Å². The summed E-state index contributed by atoms with van der Waals surface area (Å²) in [4.78, 5) is 33.5. The maximum Gasteiger partial charge on any atom is 0.435 e. The molecule has 1 aliphatic rings. The lowest BCUT2D eigenvalue weighted by atomic mass is 10.2. The minimum atomic E-state index is -4.68. The third-order valence-electron chi connectivity index (χ3n) is 5.59. The lowest BCUT2D eigenvalue weighted by Gasteiger charge is -2.27. The van der Waals surface area contributed by atoms with Crippen LogP contribution in [0, 0.1) is 12.7 Å². The Bertz CT molecular complexity index is 1430. The summed E-state index contributed by atoms with van der Waals surface area (Å²) in [6.45, 7) is 4.63. The van der Waals surface area contributed by atoms with E-state index in [1.807, 2.05) is 0 Å². The smallest absolute Gasteiger partial charge is 0.435 e. The van der Waals surface area contributed by atoms with Gasteiger partial charge in [0.05, 0.1) is 18.4 Å². The monoisotopic (exact) mass is 574 g/mol. The number of halogens is 6. The molecule has 11 nitrogen and oxygen atoms in total. The highest BCUT2D eigenvalue weighted by atomic mass is 19.4. The molecule has 216 valence electrons. The number of pyridine rings is 1. The summed E-state index contributed by atoms with van der Waals surface area (Å²) in [6, 6.07) is 0.432. The van der Waals surface area contributed by atoms with Gasteiger partial charge in [-0.15, -0.1) is 5.10 Å². The van der Waals surface area contributed by atoms with Crippen LogP contribution in [0.1, 0.15) is 50.4 Å². The summed E-state index contributed by atoms with van der Waals surface area (Å²) >= 11 is 0. The van der Waals surface area contributed by atoms with Gasteiger partial charge in [-0.05, 0) is 33.8 Å². The molecule has 0 bridgehead atoms. The number of ether oxygens (including phenoxy) is 1. The molecule has 0 radical (unpaired) electrons. The summed E-state index contributed by atoms with van der Waals surface area (Å²) in [5.74, 6) is -5.57. The number of rotatable bonds is 5. The van der Waals surface area contributed by atoms with Crippen molar-refractivity contribution < 1.29 is 40.7 Å². The van der Waals surface area contributed by atoms with E-state index in [-0.39, 0.29) is 23.0 Å². The number of hydrogen-bond donors (Lipinski definition) is 1. The van der Waals surface area contributed by atoms with Crippen LogP contribution in [0.3, 0.4) is 0 Å². The van der Waals surface area contributed by atoms with Crippen molar-refractivity contribution in [2.24, 2.45) is 0 Å². The van der Waals surface area contributed by atoms with Gasteiger partial charge in [0.1, 0.15) is 24.5 Å². The van der Waals surface area contributed by atoms with E-state index < -0.39 is 66.8 Å². The van der Waals surface area contributed by atoms with Crippen molar-refractivity contribution >= 4 is 17.7 Å². The van der Waals surface area contributed by atoms with Crippen LogP contribution < -0.4 is 5.32 Å². The maximum absolute atomic E-state index is 14.9. The summed E-state index contributed by atoms with van der Waals surface area (Å²) in [7, 11) is 0. The van der Waals surface area contributed by atoms with E-state index in [0.717, 1.165) is 38.9 Å². The lowest BCUT2D eigenvalue weighted by Crippen LogP contribution is -2.38. The highest BCUT2D eigenvalue weighted by Crippen LogP contribution is 2.40. The lowest BCUT2D eigenvalue weighted by molar-refractivity contribution is -0.141. The summed E-state index contributed by atoms with van der Waals surface area (Å²) in [5.41, 5.74) is -2.11. The highest BCUT2D eigenvalue weighted by molar-refractivity contribution is 5.90. The average Bonchev–Trinajstić information content (AvgIpc) is 3.50. The third kappa shape index (κ3) is 6.51. The van der Waals surface area contributed by atoms with Crippen LogP contribution in [0.15, 0.2) is 24.7 Å². The zero-order valence-corrected chi connectivity index (χ0v) is 21.6. The van der Waals surface area contributed by atoms with Crippen LogP contribution in [0.25, 0.3) is 5.82 Å². The second-order valence-corrected chi connectivity index (χ2v) is 10.1. The summed E-state index contributed by atoms with van der Waals surface area (Å²) in [5, 5.41) is 9.69. The number of nitrogens with zero attached hydrogens (tertiary/aromatic N) is 7. The Balaban J connectivity index is 1.47. The number of carbonyl (C=O) groups excluding carboxylic acids is 2. The first-order chi connectivity index (χ1) is 18.4. The molecule has 17 heteroatoms. The second kappa shape index (κ2) is 10.1. The molecule has 1 N–H and O–H groups in total. The van der Waals surface area contributed by atoms with E-state index in [9.17, 15) is 35.9 Å². The number of likely N-dealkylation sites (tertiary alicyclic amines) is 1. The Hall–Kier alpha value is -4.18. The average molecular weight is 574 g/mol. The van der Waals surface area contributed by atoms with Gasteiger partial charge in [0, 0.05) is 18.2 Å². The van der Waals surface area contributed by atoms with Crippen LogP contribution in [0.2, 0.25) is 0 Å². The van der Waals surface area contributed by atoms with Crippen LogP contribution in [0.4, 0.5) is 36.8 Å². The van der Waals surface area contributed by atoms with Crippen molar-refractivity contribution in [1.29, 1.82) is 0 Å². The van der Waals surface area contributed by atoms with Gasteiger partial charge < -0.3 is 10.1 Å². The second-order valence-electron chi connectivity index (χ2n) is 10.1. The van der Waals surface area contributed by atoms with Crippen LogP contribution in [-0.4, -0.2) is 64.5 Å². The Kier molecular flexibility index (Phi) is 7.27. The Morgan fingerprint density at radius 1 is 1.15 bits per heavy atom. The number of amides is 2. The minimum Gasteiger partial charge on any atom is -0.444 e. The normalized spacial score (nSPS) is 17.2. The number of aromatic nitrogens is 6. The fourth-order valence-corrected chi connectivity index (χ4v) is 3.90. The molecule has 1 aliphatic heterocycles. The summed E-state index contributed by atoms with van der Waals surface area (Å²) < 4.78 is 88.7. The van der Waals surface area contributed by atoms with E-state index in [1.54, 1.807) is 20.8 Å². The molecule has 0 aliphatic carbocycles. The molecule has 1 atom stereocenters. The van der Waals surface area contributed by atoms with Crippen LogP contribution in [-0.2, 0) is 22.3 Å². The van der Waals surface area contributed by atoms with Gasteiger partial charge in [-0.25, -0.2) is 27.9 Å². The Labute approximate surface area is 223 Å². The standard InChI is InChI=1S/C23H24F6N8O3/c1-12-5-16(23(27,28)29)33-36(12)9-17(38)32-13-6-14(24)19(30-8-13)37-11-31-18(34-37)15-7-22(25,26)10-35(15)20(39)40-21(2,3)4/h5-6,8,11,15H,7,9-10H2,1-4H3,(H,32,38)/t15-/m0/s1. The van der Waals surface area contributed by atoms with Crippen molar-refractivity contribution in [3.8, 4) is 5.82 Å². The molecule has 2 amide bonds. The maximum atomic E-state index is 14.9. The SMILES string of the molecule is Cc1cc(C(F)(F)F)nn1CC(=O)Nc1cnc(-n2cnc([C@@H]3CC(F)(F)CN3C(=O)OC(C)(C)C)n2)c(F)c1. The molecule has 0 saturated carbocycles. The number of carbonyl (C=O) groups is 2. The first kappa shape index (κ1) is 28.8. The van der Waals surface area contributed by atoms with Crippen LogP contribution in [0.5, 0.6) is 0 Å². The predicted molar refractivity (Wildman–Crippen MR) is 125 cm³/mol. The number of nitrogens with one attached hydrogen (secondary N) is 1. The van der Waals surface area contributed by atoms with Gasteiger partial charge >= 0.3 is 12.3 Å². The molecule has 3 aromatic rings. The van der Waals surface area contributed by atoms with Gasteiger partial charge in [-0.2, -0.15) is 23.0 Å². The summed E-state index contributed by atoms with van der Waals surface area (Å²) in [6.07, 6.45) is -4.33. The molecule has 0 aromatic carbocycles. The molecule has 3 aromatic heterocycles. The fourth-order valence-electron chi connectivity index (χ4n) is 3.90. The molecule has 0 unspecified atom stereocenters. The predicted octanol–water partition coefficient (Wildman–Crippen LogP) is 4.28. The topological polar surface area (TPSA) is 120 Å². The van der Waals surface area contributed by atoms with Gasteiger partial charge in [0.25, 0.3) is 5.92 Å². The first-order valence-corrected chi connectivity index (χ1v) is 11.8. The molecule has 40 heavy (non-hydrogen) atoms. The number of anilines is 1. The highest BCUT2D eigenvalue weighted by Gasteiger charge is 2.50. The zero-order valence-electron chi connectivity index (χ0n) is 21.6. The molecule has 4 rings (SSSR count). The van der Waals surface area contributed by atoms with E-state index in [4.69, 9.17) is 4.74 Å². The van der Waals surface area contributed by atoms with Crippen molar-refractivity contribution in [1.82, 2.24) is 34.4 Å². The third-order valence-corrected chi connectivity index (χ3v) is 5.59.